The molecule has 8 nitrogen and oxygen atoms in total. The Kier molecular flexibility index (Phi) is 3.43. The van der Waals surface area contributed by atoms with Crippen LogP contribution in [0.5, 0.6) is 0 Å². The molecule has 0 aliphatic carbocycles. The molecule has 1 amide bonds. The van der Waals surface area contributed by atoms with Gasteiger partial charge in [0.15, 0.2) is 0 Å². The number of halogens is 1. The summed E-state index contributed by atoms with van der Waals surface area (Å²) in [4.78, 5) is 26.0. The molecule has 2 N–H and O–H groups in total. The first kappa shape index (κ1) is 13.0. The molecule has 1 aromatic heterocycles. The molecule has 0 saturated heterocycles. The van der Waals surface area contributed by atoms with Gasteiger partial charge in [-0.3, -0.25) is 25.3 Å². The molecule has 0 atom stereocenters. The fourth-order valence-electron chi connectivity index (χ4n) is 1.45. The monoisotopic (exact) mass is 281 g/mol. The van der Waals surface area contributed by atoms with E-state index in [0.717, 1.165) is 0 Å². The normalized spacial score (nSPS) is 10.2. The predicted molar refractivity (Wildman–Crippen MR) is 67.2 cm³/mol. The first-order valence-corrected chi connectivity index (χ1v) is 5.50. The second-order valence-corrected chi connectivity index (χ2v) is 4.00. The van der Waals surface area contributed by atoms with E-state index in [9.17, 15) is 14.9 Å². The topological polar surface area (TPSA) is 114 Å². The van der Waals surface area contributed by atoms with Crippen molar-refractivity contribution in [2.75, 3.05) is 5.32 Å². The van der Waals surface area contributed by atoms with Gasteiger partial charge in [-0.25, -0.2) is 0 Å². The van der Waals surface area contributed by atoms with Crippen LogP contribution in [0.4, 0.5) is 11.6 Å². The number of aryl methyl sites for hydroxylation is 1. The van der Waals surface area contributed by atoms with Gasteiger partial charge in [-0.05, 0) is 13.0 Å². The van der Waals surface area contributed by atoms with Crippen LogP contribution in [0, 0.1) is 17.0 Å². The quantitative estimate of drug-likeness (QED) is 0.659. The largest absolute Gasteiger partial charge is 0.289 e. The summed E-state index contributed by atoms with van der Waals surface area (Å²) in [6, 6.07) is 3.99. The number of nitro benzene ring substituents is 1. The molecule has 2 rings (SSSR count). The predicted octanol–water partition coefficient (Wildman–Crippen LogP) is 1.93. The Morgan fingerprint density at radius 1 is 1.53 bits per heavy atom. The second-order valence-electron chi connectivity index (χ2n) is 3.59. The molecule has 9 heteroatoms. The van der Waals surface area contributed by atoms with E-state index >= 15 is 0 Å². The number of nitrogens with one attached hydrogen (secondary N) is 2. The zero-order valence-electron chi connectivity index (χ0n) is 9.68. The molecular weight excluding hydrogens is 274 g/mol. The molecule has 0 aliphatic heterocycles. The van der Waals surface area contributed by atoms with E-state index in [2.05, 4.69) is 20.5 Å². The lowest BCUT2D eigenvalue weighted by Crippen LogP contribution is -2.15. The zero-order valence-corrected chi connectivity index (χ0v) is 10.4. The molecule has 0 radical (unpaired) electrons. The van der Waals surface area contributed by atoms with Crippen LogP contribution < -0.4 is 5.32 Å². The Morgan fingerprint density at radius 2 is 2.26 bits per heavy atom. The van der Waals surface area contributed by atoms with Gasteiger partial charge in [-0.2, -0.15) is 4.98 Å². The van der Waals surface area contributed by atoms with Crippen LogP contribution in [0.3, 0.4) is 0 Å². The number of aromatic amines is 1. The van der Waals surface area contributed by atoms with Crippen LogP contribution in [0.2, 0.25) is 5.02 Å². The van der Waals surface area contributed by atoms with Crippen molar-refractivity contribution in [3.8, 4) is 0 Å². The smallest absolute Gasteiger partial charge is 0.283 e. The Balaban J connectivity index is 2.36. The van der Waals surface area contributed by atoms with Gasteiger partial charge >= 0.3 is 0 Å². The van der Waals surface area contributed by atoms with Crippen molar-refractivity contribution in [2.24, 2.45) is 0 Å². The standard InChI is InChI=1S/C10H8ClN5O3/c1-5-12-10(15-14-5)13-9(17)8-6(11)3-2-4-7(8)16(18)19/h2-4H,1H3,(H2,12,13,14,15,17). The molecule has 0 bridgehead atoms. The van der Waals surface area contributed by atoms with E-state index in [1.54, 1.807) is 6.92 Å². The summed E-state index contributed by atoms with van der Waals surface area (Å²) in [6.07, 6.45) is 0. The number of carbonyl (C=O) groups is 1. The third kappa shape index (κ3) is 2.68. The van der Waals surface area contributed by atoms with Crippen LogP contribution in [-0.2, 0) is 0 Å². The molecule has 0 aliphatic rings. The molecule has 0 unspecified atom stereocenters. The molecule has 0 fully saturated rings. The molecule has 2 aromatic rings. The SMILES string of the molecule is Cc1nc(NC(=O)c2c(Cl)cccc2[N+](=O)[O-])n[nH]1. The minimum atomic E-state index is -0.740. The third-order valence-corrected chi connectivity index (χ3v) is 2.55. The van der Waals surface area contributed by atoms with E-state index in [1.165, 1.54) is 18.2 Å². The minimum absolute atomic E-state index is 0.0149. The first-order chi connectivity index (χ1) is 8.99. The fraction of sp³-hybridized carbons (Fsp3) is 0.100. The highest BCUT2D eigenvalue weighted by Gasteiger charge is 2.24. The molecule has 19 heavy (non-hydrogen) atoms. The number of hydrogen-bond donors (Lipinski definition) is 2. The van der Waals surface area contributed by atoms with Crippen LogP contribution in [-0.4, -0.2) is 26.0 Å². The highest BCUT2D eigenvalue weighted by atomic mass is 35.5. The average molecular weight is 282 g/mol. The Morgan fingerprint density at radius 3 is 2.84 bits per heavy atom. The van der Waals surface area contributed by atoms with E-state index in [0.29, 0.717) is 5.82 Å². The van der Waals surface area contributed by atoms with Gasteiger partial charge in [0.25, 0.3) is 11.6 Å². The number of nitrogens with zero attached hydrogens (tertiary/aromatic N) is 3. The maximum Gasteiger partial charge on any atom is 0.283 e. The minimum Gasteiger partial charge on any atom is -0.289 e. The van der Waals surface area contributed by atoms with Gasteiger partial charge in [-0.1, -0.05) is 17.7 Å². The van der Waals surface area contributed by atoms with E-state index in [1.807, 2.05) is 0 Å². The zero-order chi connectivity index (χ0) is 14.0. The van der Waals surface area contributed by atoms with Crippen LogP contribution in [0.25, 0.3) is 0 Å². The molecule has 1 heterocycles. The van der Waals surface area contributed by atoms with Crippen molar-refractivity contribution in [1.82, 2.24) is 15.2 Å². The number of carbonyl (C=O) groups excluding carboxylic acids is 1. The van der Waals surface area contributed by atoms with Crippen LogP contribution >= 0.6 is 11.6 Å². The van der Waals surface area contributed by atoms with Crippen molar-refractivity contribution in [3.05, 3.63) is 44.7 Å². The second kappa shape index (κ2) is 5.02. The number of rotatable bonds is 3. The highest BCUT2D eigenvalue weighted by molar-refractivity contribution is 6.35. The van der Waals surface area contributed by atoms with Crippen molar-refractivity contribution < 1.29 is 9.72 Å². The first-order valence-electron chi connectivity index (χ1n) is 5.12. The third-order valence-electron chi connectivity index (χ3n) is 2.24. The molecule has 0 spiro atoms. The highest BCUT2D eigenvalue weighted by Crippen LogP contribution is 2.26. The van der Waals surface area contributed by atoms with Gasteiger partial charge in [0.1, 0.15) is 11.4 Å². The Hall–Kier alpha value is -2.48. The Bertz CT molecular complexity index is 654. The summed E-state index contributed by atoms with van der Waals surface area (Å²) in [6.45, 7) is 1.65. The number of hydrogen-bond acceptors (Lipinski definition) is 5. The number of anilines is 1. The number of benzene rings is 1. The van der Waals surface area contributed by atoms with Gasteiger partial charge < -0.3 is 0 Å². The molecule has 0 saturated carbocycles. The van der Waals surface area contributed by atoms with Gasteiger partial charge in [0, 0.05) is 6.07 Å². The summed E-state index contributed by atoms with van der Waals surface area (Å²) in [5.41, 5.74) is -0.603. The van der Waals surface area contributed by atoms with E-state index in [-0.39, 0.29) is 22.2 Å². The van der Waals surface area contributed by atoms with Crippen molar-refractivity contribution in [3.63, 3.8) is 0 Å². The number of aromatic nitrogens is 3. The maximum absolute atomic E-state index is 12.0. The van der Waals surface area contributed by atoms with Gasteiger partial charge in [0.2, 0.25) is 5.95 Å². The summed E-state index contributed by atoms with van der Waals surface area (Å²) in [5, 5.41) is 19.4. The summed E-state index contributed by atoms with van der Waals surface area (Å²) < 4.78 is 0. The average Bonchev–Trinajstić information content (AvgIpc) is 2.74. The van der Waals surface area contributed by atoms with E-state index in [4.69, 9.17) is 11.6 Å². The Labute approximate surface area is 112 Å². The summed E-state index contributed by atoms with van der Waals surface area (Å²) >= 11 is 5.83. The lowest BCUT2D eigenvalue weighted by molar-refractivity contribution is -0.385. The lowest BCUT2D eigenvalue weighted by atomic mass is 10.1. The fourth-order valence-corrected chi connectivity index (χ4v) is 1.71. The van der Waals surface area contributed by atoms with Crippen molar-refractivity contribution in [1.29, 1.82) is 0 Å². The number of H-pyrrole nitrogens is 1. The number of nitro groups is 1. The van der Waals surface area contributed by atoms with Crippen LogP contribution in [0.15, 0.2) is 18.2 Å². The maximum atomic E-state index is 12.0. The number of amides is 1. The van der Waals surface area contributed by atoms with Crippen molar-refractivity contribution >= 4 is 29.1 Å². The van der Waals surface area contributed by atoms with Crippen molar-refractivity contribution in [2.45, 2.75) is 6.92 Å². The molecule has 98 valence electrons. The van der Waals surface area contributed by atoms with Gasteiger partial charge in [0.05, 0.1) is 9.95 Å². The summed E-state index contributed by atoms with van der Waals surface area (Å²) in [7, 11) is 0. The lowest BCUT2D eigenvalue weighted by Gasteiger charge is -2.04. The summed E-state index contributed by atoms with van der Waals surface area (Å²) in [5.74, 6) is -0.211. The van der Waals surface area contributed by atoms with Gasteiger partial charge in [-0.15, -0.1) is 5.10 Å². The molecular formula is C10H8ClN5O3. The van der Waals surface area contributed by atoms with Crippen LogP contribution in [0.1, 0.15) is 16.2 Å². The van der Waals surface area contributed by atoms with E-state index < -0.39 is 10.8 Å². The molecule has 1 aromatic carbocycles.